The maximum absolute atomic E-state index is 12.5. The first kappa shape index (κ1) is 18.5. The Morgan fingerprint density at radius 2 is 2.21 bits per heavy atom. The molecular formula is C20H24N4O4. The SMILES string of the molecule is Cc1ccn(CC(=O)N2CC[C@@H](Oc3ccc4c(c3)NC(=O)CC4)[C@H](O)C2)n1. The molecule has 0 aliphatic carbocycles. The maximum atomic E-state index is 12.5. The van der Waals surface area contributed by atoms with Gasteiger partial charge in [-0.2, -0.15) is 5.10 Å². The van der Waals surface area contributed by atoms with E-state index in [0.29, 0.717) is 25.1 Å². The third-order valence-electron chi connectivity index (χ3n) is 5.21. The molecule has 0 spiro atoms. The molecule has 2 N–H and O–H groups in total. The van der Waals surface area contributed by atoms with Crippen molar-refractivity contribution < 1.29 is 19.4 Å². The molecule has 1 saturated heterocycles. The summed E-state index contributed by atoms with van der Waals surface area (Å²) in [4.78, 5) is 25.7. The van der Waals surface area contributed by atoms with Crippen molar-refractivity contribution in [2.75, 3.05) is 18.4 Å². The molecule has 0 saturated carbocycles. The van der Waals surface area contributed by atoms with Gasteiger partial charge >= 0.3 is 0 Å². The molecule has 2 atom stereocenters. The molecule has 0 radical (unpaired) electrons. The Labute approximate surface area is 163 Å². The van der Waals surface area contributed by atoms with E-state index in [-0.39, 0.29) is 24.9 Å². The quantitative estimate of drug-likeness (QED) is 0.823. The minimum Gasteiger partial charge on any atom is -0.488 e. The van der Waals surface area contributed by atoms with Gasteiger partial charge in [0.15, 0.2) is 0 Å². The van der Waals surface area contributed by atoms with Crippen LogP contribution >= 0.6 is 0 Å². The molecule has 0 unspecified atom stereocenters. The van der Waals surface area contributed by atoms with Crippen LogP contribution in [-0.4, -0.2) is 56.9 Å². The average Bonchev–Trinajstić information content (AvgIpc) is 3.07. The lowest BCUT2D eigenvalue weighted by Gasteiger charge is -2.36. The number of amides is 2. The normalized spacial score (nSPS) is 21.8. The van der Waals surface area contributed by atoms with E-state index >= 15 is 0 Å². The summed E-state index contributed by atoms with van der Waals surface area (Å²) >= 11 is 0. The number of nitrogens with one attached hydrogen (secondary N) is 1. The van der Waals surface area contributed by atoms with E-state index in [1.165, 1.54) is 0 Å². The summed E-state index contributed by atoms with van der Waals surface area (Å²) < 4.78 is 7.57. The van der Waals surface area contributed by atoms with Gasteiger partial charge in [0, 0.05) is 37.3 Å². The second kappa shape index (κ2) is 7.63. The summed E-state index contributed by atoms with van der Waals surface area (Å²) in [6.07, 6.45) is 2.36. The molecule has 0 bridgehead atoms. The first-order valence-electron chi connectivity index (χ1n) is 9.53. The molecule has 8 heteroatoms. The van der Waals surface area contributed by atoms with Gasteiger partial charge in [0.1, 0.15) is 24.5 Å². The van der Waals surface area contributed by atoms with Crippen LogP contribution in [0.1, 0.15) is 24.1 Å². The summed E-state index contributed by atoms with van der Waals surface area (Å²) in [5.74, 6) is 0.540. The number of fused-ring (bicyclic) bond motifs is 1. The van der Waals surface area contributed by atoms with Crippen LogP contribution in [0, 0.1) is 6.92 Å². The van der Waals surface area contributed by atoms with Crippen LogP contribution in [-0.2, 0) is 22.6 Å². The minimum absolute atomic E-state index is 0.00359. The standard InChI is InChI=1S/C20H24N4O4/c1-13-6-9-24(22-13)12-20(27)23-8-7-18(17(25)11-23)28-15-4-2-14-3-5-19(26)21-16(14)10-15/h2,4,6,9-10,17-18,25H,3,5,7-8,11-12H2,1H3,(H,21,26)/t17-,18-/m1/s1. The van der Waals surface area contributed by atoms with Crippen molar-refractivity contribution in [2.45, 2.75) is 44.9 Å². The Kier molecular flexibility index (Phi) is 5.04. The molecule has 2 aromatic rings. The van der Waals surface area contributed by atoms with E-state index in [9.17, 15) is 14.7 Å². The Morgan fingerprint density at radius 1 is 1.36 bits per heavy atom. The zero-order chi connectivity index (χ0) is 19.7. The van der Waals surface area contributed by atoms with Crippen LogP contribution in [0.2, 0.25) is 0 Å². The molecule has 4 rings (SSSR count). The number of benzene rings is 1. The number of hydrogen-bond acceptors (Lipinski definition) is 5. The van der Waals surface area contributed by atoms with Crippen molar-refractivity contribution in [1.82, 2.24) is 14.7 Å². The summed E-state index contributed by atoms with van der Waals surface area (Å²) in [7, 11) is 0. The van der Waals surface area contributed by atoms with Crippen molar-refractivity contribution in [3.8, 4) is 5.75 Å². The molecule has 2 aliphatic heterocycles. The van der Waals surface area contributed by atoms with Crippen molar-refractivity contribution in [2.24, 2.45) is 0 Å². The molecular weight excluding hydrogens is 360 g/mol. The lowest BCUT2D eigenvalue weighted by atomic mass is 10.0. The number of aromatic nitrogens is 2. The molecule has 28 heavy (non-hydrogen) atoms. The number of aliphatic hydroxyl groups is 1. The fourth-order valence-corrected chi connectivity index (χ4v) is 3.66. The molecule has 1 aromatic heterocycles. The van der Waals surface area contributed by atoms with Crippen LogP contribution < -0.4 is 10.1 Å². The van der Waals surface area contributed by atoms with Gasteiger partial charge in [0.05, 0.1) is 12.2 Å². The summed E-state index contributed by atoms with van der Waals surface area (Å²) in [6.45, 7) is 2.78. The number of anilines is 1. The molecule has 2 aliphatic rings. The summed E-state index contributed by atoms with van der Waals surface area (Å²) in [6, 6.07) is 7.46. The number of ether oxygens (including phenoxy) is 1. The summed E-state index contributed by atoms with van der Waals surface area (Å²) in [5.41, 5.74) is 2.72. The highest BCUT2D eigenvalue weighted by Crippen LogP contribution is 2.29. The number of likely N-dealkylation sites (tertiary alicyclic amines) is 1. The predicted octanol–water partition coefficient (Wildman–Crippen LogP) is 1.12. The molecule has 2 amide bonds. The van der Waals surface area contributed by atoms with Crippen molar-refractivity contribution in [3.63, 3.8) is 0 Å². The Balaban J connectivity index is 1.35. The number of β-amino-alcohol motifs (C(OH)–C–C–N with tert-alkyl or cyclic N) is 1. The highest BCUT2D eigenvalue weighted by Gasteiger charge is 2.32. The van der Waals surface area contributed by atoms with Crippen LogP contribution in [0.5, 0.6) is 5.75 Å². The lowest BCUT2D eigenvalue weighted by molar-refractivity contribution is -0.137. The fourth-order valence-electron chi connectivity index (χ4n) is 3.66. The van der Waals surface area contributed by atoms with Gasteiger partial charge in [-0.15, -0.1) is 0 Å². The predicted molar refractivity (Wildman–Crippen MR) is 102 cm³/mol. The number of carbonyl (C=O) groups excluding carboxylic acids is 2. The van der Waals surface area contributed by atoms with E-state index < -0.39 is 12.2 Å². The van der Waals surface area contributed by atoms with Gasteiger partial charge < -0.3 is 20.1 Å². The van der Waals surface area contributed by atoms with Gasteiger partial charge in [0.2, 0.25) is 11.8 Å². The fraction of sp³-hybridized carbons (Fsp3) is 0.450. The van der Waals surface area contributed by atoms with E-state index in [0.717, 1.165) is 23.4 Å². The molecule has 1 fully saturated rings. The smallest absolute Gasteiger partial charge is 0.244 e. The third kappa shape index (κ3) is 4.01. The Morgan fingerprint density at radius 3 is 2.96 bits per heavy atom. The first-order valence-corrected chi connectivity index (χ1v) is 9.53. The number of nitrogens with zero attached hydrogens (tertiary/aromatic N) is 3. The highest BCUT2D eigenvalue weighted by atomic mass is 16.5. The number of piperidine rings is 1. The van der Waals surface area contributed by atoms with E-state index in [1.807, 2.05) is 25.1 Å². The number of carbonyl (C=O) groups is 2. The van der Waals surface area contributed by atoms with E-state index in [1.54, 1.807) is 21.8 Å². The number of aryl methyl sites for hydroxylation is 2. The van der Waals surface area contributed by atoms with Crippen molar-refractivity contribution in [1.29, 1.82) is 0 Å². The van der Waals surface area contributed by atoms with E-state index in [4.69, 9.17) is 4.74 Å². The van der Waals surface area contributed by atoms with Gasteiger partial charge in [-0.3, -0.25) is 14.3 Å². The first-order chi connectivity index (χ1) is 13.5. The van der Waals surface area contributed by atoms with Crippen LogP contribution in [0.4, 0.5) is 5.69 Å². The highest BCUT2D eigenvalue weighted by molar-refractivity contribution is 5.94. The average molecular weight is 384 g/mol. The maximum Gasteiger partial charge on any atom is 0.244 e. The Hall–Kier alpha value is -2.87. The lowest BCUT2D eigenvalue weighted by Crippen LogP contribution is -2.51. The third-order valence-corrected chi connectivity index (χ3v) is 5.21. The van der Waals surface area contributed by atoms with Gasteiger partial charge in [0.25, 0.3) is 0 Å². The second-order valence-electron chi connectivity index (χ2n) is 7.37. The van der Waals surface area contributed by atoms with Crippen molar-refractivity contribution >= 4 is 17.5 Å². The number of rotatable bonds is 4. The zero-order valence-corrected chi connectivity index (χ0v) is 15.8. The number of hydrogen-bond donors (Lipinski definition) is 2. The molecule has 148 valence electrons. The summed E-state index contributed by atoms with van der Waals surface area (Å²) in [5, 5.41) is 17.6. The minimum atomic E-state index is -0.775. The Bertz CT molecular complexity index is 894. The largest absolute Gasteiger partial charge is 0.488 e. The molecule has 1 aromatic carbocycles. The monoisotopic (exact) mass is 384 g/mol. The molecule has 8 nitrogen and oxygen atoms in total. The second-order valence-corrected chi connectivity index (χ2v) is 7.37. The van der Waals surface area contributed by atoms with Gasteiger partial charge in [-0.25, -0.2) is 0 Å². The van der Waals surface area contributed by atoms with Crippen LogP contribution in [0.3, 0.4) is 0 Å². The van der Waals surface area contributed by atoms with Gasteiger partial charge in [-0.1, -0.05) is 6.07 Å². The van der Waals surface area contributed by atoms with Crippen LogP contribution in [0.15, 0.2) is 30.5 Å². The van der Waals surface area contributed by atoms with Crippen LogP contribution in [0.25, 0.3) is 0 Å². The number of aliphatic hydroxyl groups excluding tert-OH is 1. The van der Waals surface area contributed by atoms with Gasteiger partial charge in [-0.05, 0) is 31.0 Å². The van der Waals surface area contributed by atoms with Crippen molar-refractivity contribution in [3.05, 3.63) is 41.7 Å². The topological polar surface area (TPSA) is 96.7 Å². The molecule has 3 heterocycles. The zero-order valence-electron chi connectivity index (χ0n) is 15.8. The van der Waals surface area contributed by atoms with E-state index in [2.05, 4.69) is 10.4 Å².